The number of fused-ring (bicyclic) bond motifs is 8. The summed E-state index contributed by atoms with van der Waals surface area (Å²) in [6.45, 7) is 6.73. The van der Waals surface area contributed by atoms with Crippen LogP contribution in [0.2, 0.25) is 19.6 Å². The molecule has 0 saturated carbocycles. The summed E-state index contributed by atoms with van der Waals surface area (Å²) in [7, 11) is 4.90. The third-order valence-corrected chi connectivity index (χ3v) is 10.4. The zero-order valence-electron chi connectivity index (χ0n) is 33.1. The first-order valence-electron chi connectivity index (χ1n) is 18.3. The van der Waals surface area contributed by atoms with E-state index in [1.165, 1.54) is 0 Å². The zero-order valence-corrected chi connectivity index (χ0v) is 37.1. The second kappa shape index (κ2) is 16.1. The maximum Gasteiger partial charge on any atom is 2.00 e. The van der Waals surface area contributed by atoms with Crippen molar-refractivity contribution in [3.63, 3.8) is 0 Å². The largest absolute Gasteiger partial charge is 2.00 e. The van der Waals surface area contributed by atoms with Gasteiger partial charge in [0.2, 0.25) is 0 Å². The number of methoxy groups -OCH3 is 4. The van der Waals surface area contributed by atoms with Crippen molar-refractivity contribution in [3.05, 3.63) is 119 Å². The summed E-state index contributed by atoms with van der Waals surface area (Å²) < 4.78 is 23.7. The van der Waals surface area contributed by atoms with Gasteiger partial charge >= 0.3 is 19.5 Å². The van der Waals surface area contributed by atoms with Crippen LogP contribution < -0.4 is 28.9 Å². The third-order valence-electron chi connectivity index (χ3n) is 9.56. The summed E-state index contributed by atoms with van der Waals surface area (Å²) >= 11 is 0. The topological polar surface area (TPSA) is 90.9 Å². The van der Waals surface area contributed by atoms with Crippen LogP contribution in [0.15, 0.2) is 91.0 Å². The minimum Gasteiger partial charge on any atom is -0.657 e. The van der Waals surface area contributed by atoms with E-state index < -0.39 is 8.07 Å². The van der Waals surface area contributed by atoms with Crippen LogP contribution in [0.4, 0.5) is 0 Å². The second-order valence-corrected chi connectivity index (χ2v) is 19.1. The molecular formula is C47H40N4O4SiZn. The van der Waals surface area contributed by atoms with E-state index in [9.17, 15) is 0 Å². The summed E-state index contributed by atoms with van der Waals surface area (Å²) in [5.41, 5.74) is 15.1. The molecule has 0 fully saturated rings. The van der Waals surface area contributed by atoms with Crippen LogP contribution in [0.3, 0.4) is 0 Å². The summed E-state index contributed by atoms with van der Waals surface area (Å²) in [5, 5.41) is 0. The Hall–Kier alpha value is -6.14. The van der Waals surface area contributed by atoms with Crippen molar-refractivity contribution < 1.29 is 38.4 Å². The van der Waals surface area contributed by atoms with Gasteiger partial charge in [-0.1, -0.05) is 86.2 Å². The molecule has 0 unspecified atom stereocenters. The molecule has 57 heavy (non-hydrogen) atoms. The quantitative estimate of drug-likeness (QED) is 0.116. The normalized spacial score (nSPS) is 11.7. The van der Waals surface area contributed by atoms with Crippen LogP contribution in [0.1, 0.15) is 28.3 Å². The van der Waals surface area contributed by atoms with Crippen LogP contribution in [0.5, 0.6) is 23.0 Å². The first kappa shape index (κ1) is 39.1. The molecule has 10 heteroatoms. The van der Waals surface area contributed by atoms with Crippen LogP contribution in [0.25, 0.3) is 79.8 Å². The monoisotopic (exact) mass is 816 g/mol. The van der Waals surface area contributed by atoms with Gasteiger partial charge in [0.25, 0.3) is 0 Å². The van der Waals surface area contributed by atoms with Crippen molar-refractivity contribution in [2.45, 2.75) is 19.6 Å². The van der Waals surface area contributed by atoms with Crippen molar-refractivity contribution in [3.8, 4) is 67.8 Å². The summed E-state index contributed by atoms with van der Waals surface area (Å²) in [6, 6.07) is 29.7. The van der Waals surface area contributed by atoms with E-state index in [2.05, 4.69) is 43.2 Å². The molecule has 2 aliphatic rings. The molecule has 0 saturated heterocycles. The number of hydrogen-bond acceptors (Lipinski definition) is 6. The minimum absolute atomic E-state index is 0. The van der Waals surface area contributed by atoms with Gasteiger partial charge in [0.05, 0.1) is 62.3 Å². The van der Waals surface area contributed by atoms with Crippen LogP contribution in [-0.2, 0) is 19.5 Å². The van der Waals surface area contributed by atoms with Gasteiger partial charge in [0.1, 0.15) is 31.1 Å². The fourth-order valence-corrected chi connectivity index (χ4v) is 7.58. The van der Waals surface area contributed by atoms with Crippen molar-refractivity contribution >= 4 is 54.4 Å². The van der Waals surface area contributed by atoms with E-state index in [0.717, 1.165) is 61.4 Å². The molecular weight excluding hydrogens is 778 g/mol. The van der Waals surface area contributed by atoms with E-state index in [4.69, 9.17) is 38.9 Å². The number of nitrogens with zero attached hydrogens (tertiary/aromatic N) is 4. The molecule has 278 valence electrons. The molecule has 3 aromatic carbocycles. The molecule has 0 amide bonds. The van der Waals surface area contributed by atoms with Gasteiger partial charge in [-0.3, -0.25) is 0 Å². The van der Waals surface area contributed by atoms with Crippen LogP contribution in [-0.4, -0.2) is 46.5 Å². The minimum atomic E-state index is -1.72. The molecule has 6 aromatic rings. The molecule has 0 radical (unpaired) electrons. The van der Waals surface area contributed by atoms with Gasteiger partial charge in [-0.15, -0.1) is 27.6 Å². The maximum atomic E-state index is 5.93. The third kappa shape index (κ3) is 7.57. The molecule has 8 bridgehead atoms. The number of hydrogen-bond donors (Lipinski definition) is 0. The van der Waals surface area contributed by atoms with E-state index >= 15 is 0 Å². The molecule has 8 nitrogen and oxygen atoms in total. The Balaban J connectivity index is 0.00000496. The predicted molar refractivity (Wildman–Crippen MR) is 230 cm³/mol. The van der Waals surface area contributed by atoms with Crippen LogP contribution in [0, 0.1) is 11.5 Å². The molecule has 0 N–H and O–H groups in total. The first-order chi connectivity index (χ1) is 27.2. The van der Waals surface area contributed by atoms with Crippen molar-refractivity contribution in [1.82, 2.24) is 19.9 Å². The Morgan fingerprint density at radius 2 is 1.00 bits per heavy atom. The average molecular weight is 818 g/mol. The Morgan fingerprint density at radius 3 is 1.58 bits per heavy atom. The zero-order chi connectivity index (χ0) is 39.0. The number of benzene rings is 3. The molecule has 8 rings (SSSR count). The molecule has 5 heterocycles. The second-order valence-electron chi connectivity index (χ2n) is 14.3. The fraction of sp³-hybridized carbons (Fsp3) is 0.149. The van der Waals surface area contributed by atoms with Gasteiger partial charge in [-0.2, -0.15) is 0 Å². The Labute approximate surface area is 346 Å². The van der Waals surface area contributed by atoms with E-state index in [0.29, 0.717) is 45.4 Å². The summed E-state index contributed by atoms with van der Waals surface area (Å²) in [6.07, 6.45) is 8.04. The maximum absolute atomic E-state index is 5.93. The van der Waals surface area contributed by atoms with E-state index in [1.807, 2.05) is 103 Å². The van der Waals surface area contributed by atoms with E-state index in [-0.39, 0.29) is 19.5 Å². The Bertz CT molecular complexity index is 2720. The van der Waals surface area contributed by atoms with Gasteiger partial charge in [-0.05, 0) is 65.8 Å². The smallest absolute Gasteiger partial charge is 0.657 e. The van der Waals surface area contributed by atoms with Gasteiger partial charge in [-0.25, -0.2) is 9.97 Å². The molecule has 2 aliphatic heterocycles. The number of ether oxygens (including phenoxy) is 4. The summed E-state index contributed by atoms with van der Waals surface area (Å²) in [5.74, 6) is 6.10. The van der Waals surface area contributed by atoms with E-state index in [1.54, 1.807) is 28.4 Å². The van der Waals surface area contributed by atoms with Crippen molar-refractivity contribution in [2.75, 3.05) is 28.4 Å². The summed E-state index contributed by atoms with van der Waals surface area (Å²) in [4.78, 5) is 21.1. The molecule has 3 aromatic heterocycles. The van der Waals surface area contributed by atoms with Gasteiger partial charge < -0.3 is 28.9 Å². The predicted octanol–water partition coefficient (Wildman–Crippen LogP) is 10.2. The average Bonchev–Trinajstić information content (AvgIpc) is 4.05. The standard InChI is InChI=1S/C47H40N4O4Si.Zn/c1-52-39-14-10-15-40(53-2)46(39)44-35-20-18-30(48-35)28-31-19-21-36(49-31)45(47-41(54-3)16-11-17-42(47)55-4)38-25-23-34(51-38)43(33-22-24-37(44)50-33)32-13-9-8-12-29(32)26-27-56(5,6)7;/h8-25,28H,1-7H3;/q-2;+2. The number of rotatable bonds is 7. The first-order valence-corrected chi connectivity index (χ1v) is 21.8. The Kier molecular flexibility index (Phi) is 11.1. The van der Waals surface area contributed by atoms with Crippen LogP contribution >= 0.6 is 0 Å². The SMILES string of the molecule is COc1cccc(OC)c1-c1c2nc(c(-c3ccccc3C#C[Si](C)(C)C)c3ccc([n-]3)c(-c3c(OC)cccc3OC)c3nc(cc4ccc1[n-]4)C=C3)C=C2.[Zn+2]. The van der Waals surface area contributed by atoms with Crippen molar-refractivity contribution in [2.24, 2.45) is 0 Å². The Morgan fingerprint density at radius 1 is 0.509 bits per heavy atom. The molecule has 0 aliphatic carbocycles. The van der Waals surface area contributed by atoms with Crippen molar-refractivity contribution in [1.29, 1.82) is 0 Å². The van der Waals surface area contributed by atoms with Gasteiger partial charge in [0, 0.05) is 16.7 Å². The molecule has 0 spiro atoms. The fourth-order valence-electron chi connectivity index (χ4n) is 7.07. The number of aromatic nitrogens is 4. The molecule has 0 atom stereocenters. The van der Waals surface area contributed by atoms with Gasteiger partial charge in [0.15, 0.2) is 0 Å².